The van der Waals surface area contributed by atoms with Gasteiger partial charge in [-0.15, -0.1) is 0 Å². The van der Waals surface area contributed by atoms with E-state index in [1.54, 1.807) is 0 Å². The molecule has 0 fully saturated rings. The van der Waals surface area contributed by atoms with Gasteiger partial charge in [0, 0.05) is 13.0 Å². The Morgan fingerprint density at radius 3 is 2.38 bits per heavy atom. The first kappa shape index (κ1) is 17.2. The van der Waals surface area contributed by atoms with Crippen molar-refractivity contribution in [2.24, 2.45) is 0 Å². The van der Waals surface area contributed by atoms with Crippen molar-refractivity contribution in [3.05, 3.63) is 35.9 Å². The molecular weight excluding hydrogens is 270 g/mol. The van der Waals surface area contributed by atoms with Crippen molar-refractivity contribution in [2.45, 2.75) is 25.3 Å². The molecule has 0 aliphatic heterocycles. The summed E-state index contributed by atoms with van der Waals surface area (Å²) in [5.74, 6) is -0.644. The topological polar surface area (TPSA) is 55.8 Å². The fraction of sp³-hybridized carbons (Fsp3) is 0.500. The molecule has 0 N–H and O–H groups in total. The van der Waals surface area contributed by atoms with Crippen molar-refractivity contribution >= 4 is 11.9 Å². The quantitative estimate of drug-likeness (QED) is 0.682. The van der Waals surface area contributed by atoms with Crippen molar-refractivity contribution in [1.29, 1.82) is 0 Å². The highest BCUT2D eigenvalue weighted by Gasteiger charge is 2.24. The van der Waals surface area contributed by atoms with Crippen LogP contribution >= 0.6 is 0 Å². The number of hydrogen-bond acceptors (Lipinski definition) is 5. The normalized spacial score (nSPS) is 12.0. The van der Waals surface area contributed by atoms with Gasteiger partial charge in [0.05, 0.1) is 14.2 Å². The smallest absolute Gasteiger partial charge is 0.323 e. The van der Waals surface area contributed by atoms with Crippen LogP contribution in [0.4, 0.5) is 0 Å². The number of hydrogen-bond donors (Lipinski definition) is 0. The Bertz CT molecular complexity index is 447. The third-order valence-corrected chi connectivity index (χ3v) is 3.45. The van der Waals surface area contributed by atoms with Crippen LogP contribution < -0.4 is 0 Å². The highest BCUT2D eigenvalue weighted by Crippen LogP contribution is 2.10. The van der Waals surface area contributed by atoms with Crippen LogP contribution in [0.1, 0.15) is 18.4 Å². The number of ether oxygens (including phenoxy) is 2. The fourth-order valence-electron chi connectivity index (χ4n) is 2.12. The van der Waals surface area contributed by atoms with Gasteiger partial charge in [0.15, 0.2) is 0 Å². The molecule has 1 atom stereocenters. The number of methoxy groups -OCH3 is 2. The number of rotatable bonds is 8. The molecule has 0 aliphatic rings. The third kappa shape index (κ3) is 5.95. The summed E-state index contributed by atoms with van der Waals surface area (Å²) in [6.45, 7) is 0.713. The Morgan fingerprint density at radius 2 is 1.81 bits per heavy atom. The Morgan fingerprint density at radius 1 is 1.14 bits per heavy atom. The van der Waals surface area contributed by atoms with E-state index >= 15 is 0 Å². The Kier molecular flexibility index (Phi) is 7.46. The maximum absolute atomic E-state index is 11.8. The number of benzene rings is 1. The Hall–Kier alpha value is -1.88. The van der Waals surface area contributed by atoms with Gasteiger partial charge in [0.1, 0.15) is 6.04 Å². The number of carbonyl (C=O) groups is 2. The van der Waals surface area contributed by atoms with Crippen LogP contribution in [0, 0.1) is 0 Å². The Labute approximate surface area is 125 Å². The summed E-state index contributed by atoms with van der Waals surface area (Å²) in [6.07, 6.45) is 1.43. The molecule has 0 radical (unpaired) electrons. The molecule has 0 saturated carbocycles. The van der Waals surface area contributed by atoms with Gasteiger partial charge in [-0.05, 0) is 25.5 Å². The highest BCUT2D eigenvalue weighted by atomic mass is 16.5. The van der Waals surface area contributed by atoms with E-state index in [1.165, 1.54) is 19.8 Å². The Balaban J connectivity index is 2.56. The molecule has 5 nitrogen and oxygen atoms in total. The van der Waals surface area contributed by atoms with Gasteiger partial charge in [-0.2, -0.15) is 0 Å². The van der Waals surface area contributed by atoms with Crippen LogP contribution in [0.15, 0.2) is 30.3 Å². The van der Waals surface area contributed by atoms with E-state index in [9.17, 15) is 9.59 Å². The van der Waals surface area contributed by atoms with Crippen molar-refractivity contribution in [3.63, 3.8) is 0 Å². The molecule has 1 rings (SSSR count). The average molecular weight is 293 g/mol. The fourth-order valence-corrected chi connectivity index (χ4v) is 2.12. The molecule has 1 aromatic rings. The van der Waals surface area contributed by atoms with E-state index < -0.39 is 6.04 Å². The third-order valence-electron chi connectivity index (χ3n) is 3.45. The number of carbonyl (C=O) groups excluding carboxylic acids is 2. The monoisotopic (exact) mass is 293 g/mol. The van der Waals surface area contributed by atoms with Gasteiger partial charge < -0.3 is 9.47 Å². The van der Waals surface area contributed by atoms with E-state index in [0.29, 0.717) is 13.0 Å². The van der Waals surface area contributed by atoms with Gasteiger partial charge >= 0.3 is 11.9 Å². The second kappa shape index (κ2) is 9.13. The lowest BCUT2D eigenvalue weighted by Gasteiger charge is -2.25. The van der Waals surface area contributed by atoms with E-state index in [2.05, 4.69) is 16.9 Å². The van der Waals surface area contributed by atoms with E-state index in [0.717, 1.165) is 6.42 Å². The second-order valence-electron chi connectivity index (χ2n) is 4.87. The average Bonchev–Trinajstić information content (AvgIpc) is 2.53. The van der Waals surface area contributed by atoms with Gasteiger partial charge in [0.2, 0.25) is 0 Å². The van der Waals surface area contributed by atoms with Gasteiger partial charge in [0.25, 0.3) is 0 Å². The summed E-state index contributed by atoms with van der Waals surface area (Å²) in [7, 11) is 4.56. The predicted octanol–water partition coefficient (Wildman–Crippen LogP) is 1.66. The van der Waals surface area contributed by atoms with Crippen LogP contribution in [-0.4, -0.2) is 50.7 Å². The maximum Gasteiger partial charge on any atom is 0.323 e. The summed E-state index contributed by atoms with van der Waals surface area (Å²) < 4.78 is 9.43. The molecule has 0 heterocycles. The molecule has 1 aromatic carbocycles. The van der Waals surface area contributed by atoms with Crippen molar-refractivity contribution in [1.82, 2.24) is 4.90 Å². The van der Waals surface area contributed by atoms with Crippen LogP contribution in [0.3, 0.4) is 0 Å². The standard InChI is InChI=1S/C16H23NO4/c1-17(12-11-13-7-5-4-6-8-13)14(16(19)21-3)9-10-15(18)20-2/h4-8,14H,9-12H2,1-3H3/t14-/m1/s1. The second-order valence-corrected chi connectivity index (χ2v) is 4.87. The lowest BCUT2D eigenvalue weighted by atomic mass is 10.1. The molecule has 116 valence electrons. The van der Waals surface area contributed by atoms with Crippen LogP contribution in [0.25, 0.3) is 0 Å². The minimum atomic E-state index is -0.433. The first-order valence-corrected chi connectivity index (χ1v) is 6.97. The van der Waals surface area contributed by atoms with Crippen LogP contribution in [0.2, 0.25) is 0 Å². The largest absolute Gasteiger partial charge is 0.469 e. The summed E-state index contributed by atoms with van der Waals surface area (Å²) in [6, 6.07) is 9.62. The molecule has 0 amide bonds. The lowest BCUT2D eigenvalue weighted by Crippen LogP contribution is -2.40. The number of nitrogens with zero attached hydrogens (tertiary/aromatic N) is 1. The zero-order valence-corrected chi connectivity index (χ0v) is 12.9. The molecular formula is C16H23NO4. The van der Waals surface area contributed by atoms with Gasteiger partial charge in [-0.3, -0.25) is 14.5 Å². The molecule has 0 aromatic heterocycles. The van der Waals surface area contributed by atoms with Crippen molar-refractivity contribution in [2.75, 3.05) is 27.8 Å². The summed E-state index contributed by atoms with van der Waals surface area (Å²) in [4.78, 5) is 25.0. The minimum absolute atomic E-state index is 0.200. The van der Waals surface area contributed by atoms with E-state index in [1.807, 2.05) is 30.1 Å². The first-order chi connectivity index (χ1) is 10.1. The highest BCUT2D eigenvalue weighted by molar-refractivity contribution is 5.77. The zero-order valence-electron chi connectivity index (χ0n) is 12.9. The minimum Gasteiger partial charge on any atom is -0.469 e. The molecule has 0 bridgehead atoms. The molecule has 21 heavy (non-hydrogen) atoms. The SMILES string of the molecule is COC(=O)CC[C@H](C(=O)OC)N(C)CCc1ccccc1. The summed E-state index contributed by atoms with van der Waals surface area (Å²) >= 11 is 0. The van der Waals surface area contributed by atoms with Crippen molar-refractivity contribution < 1.29 is 19.1 Å². The van der Waals surface area contributed by atoms with Gasteiger partial charge in [-0.1, -0.05) is 30.3 Å². The lowest BCUT2D eigenvalue weighted by molar-refractivity contribution is -0.147. The summed E-state index contributed by atoms with van der Waals surface area (Å²) in [5.41, 5.74) is 1.21. The zero-order chi connectivity index (χ0) is 15.7. The van der Waals surface area contributed by atoms with E-state index in [4.69, 9.17) is 4.74 Å². The molecule has 0 aliphatic carbocycles. The molecule has 0 saturated heterocycles. The van der Waals surface area contributed by atoms with Crippen LogP contribution in [-0.2, 0) is 25.5 Å². The molecule has 0 spiro atoms. The first-order valence-electron chi connectivity index (χ1n) is 6.97. The molecule has 0 unspecified atom stereocenters. The molecule has 5 heteroatoms. The number of esters is 2. The maximum atomic E-state index is 11.8. The van der Waals surface area contributed by atoms with Gasteiger partial charge in [-0.25, -0.2) is 0 Å². The predicted molar refractivity (Wildman–Crippen MR) is 79.8 cm³/mol. The van der Waals surface area contributed by atoms with E-state index in [-0.39, 0.29) is 18.4 Å². The summed E-state index contributed by atoms with van der Waals surface area (Å²) in [5, 5.41) is 0. The number of likely N-dealkylation sites (N-methyl/N-ethyl adjacent to an activating group) is 1. The van der Waals surface area contributed by atoms with Crippen molar-refractivity contribution in [3.8, 4) is 0 Å². The van der Waals surface area contributed by atoms with Crippen LogP contribution in [0.5, 0.6) is 0 Å².